The van der Waals surface area contributed by atoms with E-state index in [2.05, 4.69) is 4.98 Å². The summed E-state index contributed by atoms with van der Waals surface area (Å²) in [5.74, 6) is -1.61. The van der Waals surface area contributed by atoms with Crippen molar-refractivity contribution in [3.63, 3.8) is 0 Å². The molecule has 9 nitrogen and oxygen atoms in total. The summed E-state index contributed by atoms with van der Waals surface area (Å²) in [7, 11) is 0. The van der Waals surface area contributed by atoms with Crippen molar-refractivity contribution in [3.05, 3.63) is 52.6 Å². The number of carboxylic acid groups (broad SMARTS) is 1. The highest BCUT2D eigenvalue weighted by atomic mass is 16.6. The van der Waals surface area contributed by atoms with Gasteiger partial charge in [0.1, 0.15) is 11.2 Å². The van der Waals surface area contributed by atoms with Crippen molar-refractivity contribution in [3.8, 4) is 5.69 Å². The number of carboxylic acids is 1. The maximum absolute atomic E-state index is 12.8. The Hall–Kier alpha value is -3.23. The van der Waals surface area contributed by atoms with Crippen molar-refractivity contribution in [1.29, 1.82) is 0 Å². The summed E-state index contributed by atoms with van der Waals surface area (Å²) in [4.78, 5) is 40.3. The molecule has 1 fully saturated rings. The van der Waals surface area contributed by atoms with Crippen molar-refractivity contribution in [2.24, 2.45) is 0 Å². The Morgan fingerprint density at radius 3 is 2.76 bits per heavy atom. The standard InChI is InChI=1S/C16H16N4O5/c1-16(15(22)23)5-2-7-19(16)14(21)11-3-4-12(13(9-11)20(24)25)18-8-6-17-10-18/h3-4,6,8-10H,2,5,7H2,1H3,(H,22,23). The number of benzene rings is 1. The van der Waals surface area contributed by atoms with E-state index >= 15 is 0 Å². The summed E-state index contributed by atoms with van der Waals surface area (Å²) in [5, 5.41) is 20.8. The third-order valence-corrected chi connectivity index (χ3v) is 4.55. The number of aliphatic carboxylic acids is 1. The van der Waals surface area contributed by atoms with Crippen molar-refractivity contribution >= 4 is 17.6 Å². The number of carbonyl (C=O) groups excluding carboxylic acids is 1. The molecule has 1 amide bonds. The lowest BCUT2D eigenvalue weighted by Gasteiger charge is -2.31. The Bertz CT molecular complexity index is 848. The monoisotopic (exact) mass is 344 g/mol. The van der Waals surface area contributed by atoms with Gasteiger partial charge in [0.15, 0.2) is 0 Å². The van der Waals surface area contributed by atoms with Crippen LogP contribution in [-0.4, -0.2) is 48.4 Å². The Labute approximate surface area is 142 Å². The second kappa shape index (κ2) is 6.00. The van der Waals surface area contributed by atoms with Gasteiger partial charge in [0.25, 0.3) is 11.6 Å². The molecule has 130 valence electrons. The highest BCUT2D eigenvalue weighted by Crippen LogP contribution is 2.32. The number of aromatic nitrogens is 2. The molecule has 0 radical (unpaired) electrons. The second-order valence-electron chi connectivity index (χ2n) is 6.07. The first kappa shape index (κ1) is 16.6. The van der Waals surface area contributed by atoms with Crippen molar-refractivity contribution in [1.82, 2.24) is 14.5 Å². The first-order chi connectivity index (χ1) is 11.8. The van der Waals surface area contributed by atoms with E-state index in [4.69, 9.17) is 0 Å². The third kappa shape index (κ3) is 2.73. The van der Waals surface area contributed by atoms with E-state index in [-0.39, 0.29) is 16.9 Å². The number of rotatable bonds is 4. The summed E-state index contributed by atoms with van der Waals surface area (Å²) >= 11 is 0. The van der Waals surface area contributed by atoms with Crippen LogP contribution >= 0.6 is 0 Å². The molecule has 9 heteroatoms. The van der Waals surface area contributed by atoms with Gasteiger partial charge >= 0.3 is 5.97 Å². The van der Waals surface area contributed by atoms with Crippen LogP contribution in [0.5, 0.6) is 0 Å². The fourth-order valence-corrected chi connectivity index (χ4v) is 3.09. The van der Waals surface area contributed by atoms with Crippen LogP contribution in [0.1, 0.15) is 30.1 Å². The van der Waals surface area contributed by atoms with E-state index in [0.29, 0.717) is 19.4 Å². The predicted octanol–water partition coefficient (Wildman–Crippen LogP) is 1.86. The fourth-order valence-electron chi connectivity index (χ4n) is 3.09. The van der Waals surface area contributed by atoms with E-state index in [0.717, 1.165) is 0 Å². The average Bonchev–Trinajstić information content (AvgIpc) is 3.23. The molecular weight excluding hydrogens is 328 g/mol. The SMILES string of the molecule is CC1(C(=O)O)CCCN1C(=O)c1ccc(-n2ccnc2)c([N+](=O)[O-])c1. The molecule has 1 unspecified atom stereocenters. The zero-order valence-electron chi connectivity index (χ0n) is 13.5. The lowest BCUT2D eigenvalue weighted by Crippen LogP contribution is -2.50. The highest BCUT2D eigenvalue weighted by Gasteiger charge is 2.46. The zero-order chi connectivity index (χ0) is 18.2. The minimum atomic E-state index is -1.30. The van der Waals surface area contributed by atoms with Crippen LogP contribution in [0, 0.1) is 10.1 Å². The largest absolute Gasteiger partial charge is 0.480 e. The van der Waals surface area contributed by atoms with E-state index in [9.17, 15) is 24.8 Å². The van der Waals surface area contributed by atoms with Gasteiger partial charge in [-0.25, -0.2) is 9.78 Å². The normalized spacial score (nSPS) is 19.8. The number of imidazole rings is 1. The second-order valence-corrected chi connectivity index (χ2v) is 6.07. The summed E-state index contributed by atoms with van der Waals surface area (Å²) in [5.41, 5.74) is -1.18. The summed E-state index contributed by atoms with van der Waals surface area (Å²) in [6.07, 6.45) is 5.40. The Morgan fingerprint density at radius 2 is 2.16 bits per heavy atom. The molecule has 0 bridgehead atoms. The Kier molecular flexibility index (Phi) is 3.99. The fraction of sp³-hybridized carbons (Fsp3) is 0.312. The summed E-state index contributed by atoms with van der Waals surface area (Å²) in [6.45, 7) is 1.80. The van der Waals surface area contributed by atoms with Gasteiger partial charge in [0.2, 0.25) is 0 Å². The van der Waals surface area contributed by atoms with Gasteiger partial charge in [-0.3, -0.25) is 14.9 Å². The molecule has 1 N–H and O–H groups in total. The van der Waals surface area contributed by atoms with Crippen molar-refractivity contribution in [2.75, 3.05) is 6.54 Å². The van der Waals surface area contributed by atoms with Gasteiger partial charge in [-0.2, -0.15) is 0 Å². The predicted molar refractivity (Wildman–Crippen MR) is 86.5 cm³/mol. The van der Waals surface area contributed by atoms with Crippen LogP contribution in [0.15, 0.2) is 36.9 Å². The maximum Gasteiger partial charge on any atom is 0.329 e. The zero-order valence-corrected chi connectivity index (χ0v) is 13.5. The minimum Gasteiger partial charge on any atom is -0.480 e. The third-order valence-electron chi connectivity index (χ3n) is 4.55. The molecule has 1 aromatic heterocycles. The van der Waals surface area contributed by atoms with Gasteiger partial charge < -0.3 is 14.6 Å². The molecule has 0 spiro atoms. The molecule has 1 aliphatic heterocycles. The number of carbonyl (C=O) groups is 2. The Morgan fingerprint density at radius 1 is 1.40 bits per heavy atom. The molecule has 2 heterocycles. The smallest absolute Gasteiger partial charge is 0.329 e. The van der Waals surface area contributed by atoms with E-state index in [1.54, 1.807) is 6.20 Å². The molecule has 0 saturated carbocycles. The molecule has 1 aliphatic rings. The first-order valence-electron chi connectivity index (χ1n) is 7.67. The summed E-state index contributed by atoms with van der Waals surface area (Å²) in [6, 6.07) is 4.10. The number of nitrogens with zero attached hydrogens (tertiary/aromatic N) is 4. The molecule has 0 aliphatic carbocycles. The van der Waals surface area contributed by atoms with Crippen LogP contribution in [-0.2, 0) is 4.79 Å². The number of likely N-dealkylation sites (tertiary alicyclic amines) is 1. The van der Waals surface area contributed by atoms with E-state index in [1.807, 2.05) is 0 Å². The molecule has 3 rings (SSSR count). The van der Waals surface area contributed by atoms with Crippen LogP contribution in [0.2, 0.25) is 0 Å². The van der Waals surface area contributed by atoms with Gasteiger partial charge in [0.05, 0.1) is 11.3 Å². The molecule has 1 saturated heterocycles. The van der Waals surface area contributed by atoms with Gasteiger partial charge in [-0.15, -0.1) is 0 Å². The Balaban J connectivity index is 2.01. The van der Waals surface area contributed by atoms with Gasteiger partial charge in [-0.05, 0) is 31.9 Å². The number of nitro benzene ring substituents is 1. The summed E-state index contributed by atoms with van der Waals surface area (Å²) < 4.78 is 1.48. The van der Waals surface area contributed by atoms with Crippen LogP contribution in [0.4, 0.5) is 5.69 Å². The van der Waals surface area contributed by atoms with Crippen LogP contribution in [0.3, 0.4) is 0 Å². The molecular formula is C16H16N4O5. The average molecular weight is 344 g/mol. The molecule has 1 aromatic carbocycles. The molecule has 1 atom stereocenters. The minimum absolute atomic E-state index is 0.0879. The number of amides is 1. The topological polar surface area (TPSA) is 119 Å². The number of hydrogen-bond acceptors (Lipinski definition) is 5. The van der Waals surface area contributed by atoms with Crippen molar-refractivity contribution < 1.29 is 19.6 Å². The van der Waals surface area contributed by atoms with E-state index in [1.165, 1.54) is 47.1 Å². The quantitative estimate of drug-likeness (QED) is 0.668. The molecule has 2 aromatic rings. The van der Waals surface area contributed by atoms with Gasteiger partial charge in [-0.1, -0.05) is 0 Å². The maximum atomic E-state index is 12.8. The van der Waals surface area contributed by atoms with E-state index < -0.39 is 22.3 Å². The van der Waals surface area contributed by atoms with Gasteiger partial charge in [0, 0.05) is 30.6 Å². The molecule has 25 heavy (non-hydrogen) atoms. The first-order valence-corrected chi connectivity index (χ1v) is 7.67. The lowest BCUT2D eigenvalue weighted by atomic mass is 9.98. The van der Waals surface area contributed by atoms with Crippen LogP contribution < -0.4 is 0 Å². The van der Waals surface area contributed by atoms with Crippen LogP contribution in [0.25, 0.3) is 5.69 Å². The lowest BCUT2D eigenvalue weighted by molar-refractivity contribution is -0.384. The number of nitro groups is 1. The number of hydrogen-bond donors (Lipinski definition) is 1. The van der Waals surface area contributed by atoms with Crippen molar-refractivity contribution in [2.45, 2.75) is 25.3 Å². The highest BCUT2D eigenvalue weighted by molar-refractivity contribution is 5.99.